The summed E-state index contributed by atoms with van der Waals surface area (Å²) in [5, 5.41) is 1.06. The number of hydrogen-bond acceptors (Lipinski definition) is 3. The molecule has 0 saturated carbocycles. The summed E-state index contributed by atoms with van der Waals surface area (Å²) in [4.78, 5) is 15.1. The van der Waals surface area contributed by atoms with Gasteiger partial charge in [-0.2, -0.15) is 0 Å². The SMILES string of the molecule is c1ccc(-n2c(-c3ccc(-c4ccc(-c5nc6ccccc6n5-c5ccccc5)c5cccnc45)cc3)nc3ccccc32)cc1. The van der Waals surface area contributed by atoms with Crippen LogP contribution in [0.3, 0.4) is 0 Å². The van der Waals surface area contributed by atoms with Gasteiger partial charge >= 0.3 is 0 Å². The van der Waals surface area contributed by atoms with Gasteiger partial charge in [-0.05, 0) is 66.2 Å². The van der Waals surface area contributed by atoms with Crippen molar-refractivity contribution in [2.75, 3.05) is 0 Å². The Morgan fingerprint density at radius 1 is 0.391 bits per heavy atom. The van der Waals surface area contributed by atoms with E-state index in [1.165, 1.54) is 0 Å². The summed E-state index contributed by atoms with van der Waals surface area (Å²) in [6, 6.07) is 54.6. The summed E-state index contributed by atoms with van der Waals surface area (Å²) in [5.41, 5.74) is 11.4. The van der Waals surface area contributed by atoms with Crippen LogP contribution in [0.5, 0.6) is 0 Å². The van der Waals surface area contributed by atoms with Crippen LogP contribution in [-0.4, -0.2) is 24.1 Å². The molecule has 5 nitrogen and oxygen atoms in total. The quantitative estimate of drug-likeness (QED) is 0.201. The van der Waals surface area contributed by atoms with Crippen LogP contribution in [0.4, 0.5) is 0 Å². The minimum Gasteiger partial charge on any atom is -0.292 e. The number of para-hydroxylation sites is 6. The highest BCUT2D eigenvalue weighted by Gasteiger charge is 2.19. The lowest BCUT2D eigenvalue weighted by atomic mass is 9.97. The molecular formula is C41H27N5. The number of rotatable bonds is 5. The van der Waals surface area contributed by atoms with Crippen LogP contribution >= 0.6 is 0 Å². The van der Waals surface area contributed by atoms with Gasteiger partial charge < -0.3 is 0 Å². The first-order valence-electron chi connectivity index (χ1n) is 15.4. The van der Waals surface area contributed by atoms with Crippen molar-refractivity contribution in [2.24, 2.45) is 0 Å². The van der Waals surface area contributed by atoms with E-state index < -0.39 is 0 Å². The van der Waals surface area contributed by atoms with E-state index in [1.54, 1.807) is 0 Å². The summed E-state index contributed by atoms with van der Waals surface area (Å²) in [7, 11) is 0. The molecular weight excluding hydrogens is 562 g/mol. The normalized spacial score (nSPS) is 11.5. The third-order valence-electron chi connectivity index (χ3n) is 8.62. The molecule has 0 spiro atoms. The van der Waals surface area contributed by atoms with Gasteiger partial charge in [0.25, 0.3) is 0 Å². The molecule has 0 aliphatic carbocycles. The Morgan fingerprint density at radius 3 is 1.57 bits per heavy atom. The molecule has 0 aliphatic rings. The van der Waals surface area contributed by atoms with Crippen LogP contribution in [0, 0.1) is 0 Å². The summed E-state index contributed by atoms with van der Waals surface area (Å²) >= 11 is 0. The maximum absolute atomic E-state index is 5.13. The summed E-state index contributed by atoms with van der Waals surface area (Å²) in [6.45, 7) is 0. The van der Waals surface area contributed by atoms with Gasteiger partial charge in [0.1, 0.15) is 11.6 Å². The van der Waals surface area contributed by atoms with Crippen molar-refractivity contribution in [3.8, 4) is 45.3 Å². The van der Waals surface area contributed by atoms with Gasteiger partial charge in [-0.25, -0.2) is 9.97 Å². The van der Waals surface area contributed by atoms with Gasteiger partial charge in [0.15, 0.2) is 0 Å². The Morgan fingerprint density at radius 2 is 0.913 bits per heavy atom. The molecule has 3 heterocycles. The standard InChI is InChI=1S/C41H27N5/c1-3-12-30(13-4-1)45-37-19-9-7-17-35(37)43-40(45)29-23-21-28(22-24-29)32-25-26-34(33-16-11-27-42-39(32)33)41-44-36-18-8-10-20-38(36)46(41)31-14-5-2-6-15-31/h1-27H. The first-order chi connectivity index (χ1) is 22.8. The van der Waals surface area contributed by atoms with Crippen molar-refractivity contribution in [3.63, 3.8) is 0 Å². The molecule has 0 fully saturated rings. The lowest BCUT2D eigenvalue weighted by Gasteiger charge is -2.14. The van der Waals surface area contributed by atoms with Crippen LogP contribution in [0.1, 0.15) is 0 Å². The van der Waals surface area contributed by atoms with Crippen molar-refractivity contribution in [2.45, 2.75) is 0 Å². The third-order valence-corrected chi connectivity index (χ3v) is 8.62. The molecule has 216 valence electrons. The molecule has 6 aromatic carbocycles. The number of pyridine rings is 1. The molecule has 0 unspecified atom stereocenters. The smallest absolute Gasteiger partial charge is 0.146 e. The number of fused-ring (bicyclic) bond motifs is 3. The Bertz CT molecular complexity index is 2510. The molecule has 46 heavy (non-hydrogen) atoms. The van der Waals surface area contributed by atoms with Crippen molar-refractivity contribution in [1.82, 2.24) is 24.1 Å². The predicted octanol–water partition coefficient (Wildman–Crippen LogP) is 9.91. The number of nitrogens with zero attached hydrogens (tertiary/aromatic N) is 5. The first kappa shape index (κ1) is 26.1. The number of aromatic nitrogens is 5. The molecule has 0 bridgehead atoms. The molecule has 0 radical (unpaired) electrons. The Balaban J connectivity index is 1.18. The zero-order valence-electron chi connectivity index (χ0n) is 24.8. The number of benzene rings is 6. The average Bonchev–Trinajstić information content (AvgIpc) is 3.71. The minimum absolute atomic E-state index is 0.895. The highest BCUT2D eigenvalue weighted by atomic mass is 15.1. The minimum atomic E-state index is 0.895. The topological polar surface area (TPSA) is 48.5 Å². The maximum Gasteiger partial charge on any atom is 0.146 e. The van der Waals surface area contributed by atoms with E-state index in [4.69, 9.17) is 15.0 Å². The summed E-state index contributed by atoms with van der Waals surface area (Å²) in [5.74, 6) is 1.81. The van der Waals surface area contributed by atoms with E-state index in [0.717, 1.165) is 78.2 Å². The summed E-state index contributed by atoms with van der Waals surface area (Å²) < 4.78 is 4.47. The Kier molecular flexibility index (Phi) is 6.06. The molecule has 5 heteroatoms. The van der Waals surface area contributed by atoms with Crippen molar-refractivity contribution >= 4 is 33.0 Å². The second kappa shape index (κ2) is 10.7. The molecule has 0 atom stereocenters. The maximum atomic E-state index is 5.13. The van der Waals surface area contributed by atoms with Gasteiger partial charge in [0.05, 0.1) is 27.6 Å². The lowest BCUT2D eigenvalue weighted by molar-refractivity contribution is 1.10. The lowest BCUT2D eigenvalue weighted by Crippen LogP contribution is -1.99. The van der Waals surface area contributed by atoms with E-state index in [2.05, 4.69) is 137 Å². The molecule has 9 aromatic rings. The fourth-order valence-electron chi connectivity index (χ4n) is 6.50. The molecule has 0 aliphatic heterocycles. The van der Waals surface area contributed by atoms with E-state index in [0.29, 0.717) is 0 Å². The fourth-order valence-corrected chi connectivity index (χ4v) is 6.50. The van der Waals surface area contributed by atoms with Gasteiger partial charge in [-0.1, -0.05) is 97.1 Å². The zero-order chi connectivity index (χ0) is 30.5. The van der Waals surface area contributed by atoms with Crippen LogP contribution in [-0.2, 0) is 0 Å². The second-order valence-corrected chi connectivity index (χ2v) is 11.3. The van der Waals surface area contributed by atoms with Gasteiger partial charge in [0, 0.05) is 39.6 Å². The van der Waals surface area contributed by atoms with Crippen molar-refractivity contribution < 1.29 is 0 Å². The predicted molar refractivity (Wildman–Crippen MR) is 187 cm³/mol. The van der Waals surface area contributed by atoms with Crippen LogP contribution < -0.4 is 0 Å². The molecule has 0 saturated heterocycles. The molecule has 0 amide bonds. The zero-order valence-corrected chi connectivity index (χ0v) is 24.8. The average molecular weight is 590 g/mol. The van der Waals surface area contributed by atoms with Crippen LogP contribution in [0.25, 0.3) is 78.2 Å². The van der Waals surface area contributed by atoms with E-state index in [9.17, 15) is 0 Å². The third kappa shape index (κ3) is 4.21. The van der Waals surface area contributed by atoms with Gasteiger partial charge in [-0.15, -0.1) is 0 Å². The van der Waals surface area contributed by atoms with E-state index >= 15 is 0 Å². The highest BCUT2D eigenvalue weighted by Crippen LogP contribution is 2.38. The second-order valence-electron chi connectivity index (χ2n) is 11.3. The summed E-state index contributed by atoms with van der Waals surface area (Å²) in [6.07, 6.45) is 1.87. The number of hydrogen-bond donors (Lipinski definition) is 0. The number of imidazole rings is 2. The van der Waals surface area contributed by atoms with Crippen molar-refractivity contribution in [3.05, 3.63) is 164 Å². The first-order valence-corrected chi connectivity index (χ1v) is 15.4. The molecule has 3 aromatic heterocycles. The monoisotopic (exact) mass is 589 g/mol. The molecule has 9 rings (SSSR count). The largest absolute Gasteiger partial charge is 0.292 e. The highest BCUT2D eigenvalue weighted by molar-refractivity contribution is 6.03. The molecule has 0 N–H and O–H groups in total. The van der Waals surface area contributed by atoms with Crippen LogP contribution in [0.15, 0.2) is 164 Å². The Labute approximate surface area is 265 Å². The fraction of sp³-hybridized carbons (Fsp3) is 0. The van der Waals surface area contributed by atoms with E-state index in [-0.39, 0.29) is 0 Å². The van der Waals surface area contributed by atoms with Gasteiger partial charge in [-0.3, -0.25) is 14.1 Å². The van der Waals surface area contributed by atoms with Gasteiger partial charge in [0.2, 0.25) is 0 Å². The Hall–Kier alpha value is -6.33. The van der Waals surface area contributed by atoms with E-state index in [1.807, 2.05) is 36.5 Å². The van der Waals surface area contributed by atoms with Crippen molar-refractivity contribution in [1.29, 1.82) is 0 Å². The van der Waals surface area contributed by atoms with Crippen LogP contribution in [0.2, 0.25) is 0 Å².